The Morgan fingerprint density at radius 2 is 2.12 bits per heavy atom. The van der Waals surface area contributed by atoms with Crippen molar-refractivity contribution in [3.8, 4) is 11.5 Å². The van der Waals surface area contributed by atoms with Gasteiger partial charge in [0.2, 0.25) is 0 Å². The number of ether oxygens (including phenoxy) is 1. The second-order valence-corrected chi connectivity index (χ2v) is 4.83. The molecule has 1 aliphatic rings. The fraction of sp³-hybridized carbons (Fsp3) is 0.500. The Morgan fingerprint density at radius 3 is 2.56 bits per heavy atom. The Kier molecular flexibility index (Phi) is 2.76. The molecule has 16 heavy (non-hydrogen) atoms. The normalized spacial score (nSPS) is 18.0. The van der Waals surface area contributed by atoms with Gasteiger partial charge in [-0.15, -0.1) is 0 Å². The van der Waals surface area contributed by atoms with Gasteiger partial charge in [0.15, 0.2) is 11.5 Å². The smallest absolute Gasteiger partial charge is 0.163 e. The summed E-state index contributed by atoms with van der Waals surface area (Å²) in [4.78, 5) is 0. The second-order valence-electron chi connectivity index (χ2n) is 4.42. The number of methoxy groups -OCH3 is 1. The highest BCUT2D eigenvalue weighted by molar-refractivity contribution is 6.31. The average molecular weight is 242 g/mol. The van der Waals surface area contributed by atoms with Crippen molar-refractivity contribution >= 4 is 11.6 Å². The van der Waals surface area contributed by atoms with Crippen molar-refractivity contribution in [3.05, 3.63) is 22.2 Å². The van der Waals surface area contributed by atoms with E-state index in [0.29, 0.717) is 10.8 Å². The summed E-state index contributed by atoms with van der Waals surface area (Å²) in [7, 11) is 1.51. The van der Waals surface area contributed by atoms with E-state index in [-0.39, 0.29) is 5.75 Å². The van der Waals surface area contributed by atoms with E-state index in [9.17, 15) is 5.11 Å². The predicted molar refractivity (Wildman–Crippen MR) is 64.1 cm³/mol. The van der Waals surface area contributed by atoms with Crippen LogP contribution in [0.25, 0.3) is 0 Å². The number of nitrogens with two attached hydrogens (primary N) is 1. The van der Waals surface area contributed by atoms with E-state index < -0.39 is 5.54 Å². The number of aromatic hydroxyl groups is 1. The SMILES string of the molecule is COc1cc(Cl)c(C)c(C2(N)CCC2)c1O. The van der Waals surface area contributed by atoms with Crippen molar-refractivity contribution in [1.29, 1.82) is 0 Å². The summed E-state index contributed by atoms with van der Waals surface area (Å²) in [6, 6.07) is 1.62. The first-order valence-corrected chi connectivity index (χ1v) is 5.73. The Morgan fingerprint density at radius 1 is 1.50 bits per heavy atom. The molecule has 4 heteroatoms. The third kappa shape index (κ3) is 1.55. The molecule has 0 amide bonds. The van der Waals surface area contributed by atoms with Crippen LogP contribution in [-0.2, 0) is 5.54 Å². The molecule has 2 rings (SSSR count). The topological polar surface area (TPSA) is 55.5 Å². The molecule has 0 bridgehead atoms. The lowest BCUT2D eigenvalue weighted by Crippen LogP contribution is -2.44. The Balaban J connectivity index is 2.62. The number of hydrogen-bond donors (Lipinski definition) is 2. The molecule has 0 atom stereocenters. The molecule has 1 fully saturated rings. The highest BCUT2D eigenvalue weighted by atomic mass is 35.5. The van der Waals surface area contributed by atoms with Crippen LogP contribution in [0, 0.1) is 6.92 Å². The first kappa shape index (κ1) is 11.6. The van der Waals surface area contributed by atoms with Crippen molar-refractivity contribution < 1.29 is 9.84 Å². The highest BCUT2D eigenvalue weighted by Crippen LogP contribution is 2.48. The molecular weight excluding hydrogens is 226 g/mol. The van der Waals surface area contributed by atoms with Gasteiger partial charge in [0.25, 0.3) is 0 Å². The number of rotatable bonds is 2. The van der Waals surface area contributed by atoms with Crippen LogP contribution in [0.5, 0.6) is 11.5 Å². The third-order valence-electron chi connectivity index (χ3n) is 3.42. The van der Waals surface area contributed by atoms with Crippen molar-refractivity contribution in [2.45, 2.75) is 31.7 Å². The van der Waals surface area contributed by atoms with Gasteiger partial charge in [-0.1, -0.05) is 11.6 Å². The van der Waals surface area contributed by atoms with Gasteiger partial charge in [0.05, 0.1) is 7.11 Å². The van der Waals surface area contributed by atoms with Crippen molar-refractivity contribution in [1.82, 2.24) is 0 Å². The van der Waals surface area contributed by atoms with E-state index in [0.717, 1.165) is 30.4 Å². The lowest BCUT2D eigenvalue weighted by atomic mass is 9.71. The molecule has 0 unspecified atom stereocenters. The van der Waals surface area contributed by atoms with E-state index in [1.54, 1.807) is 6.07 Å². The molecule has 1 aliphatic carbocycles. The van der Waals surface area contributed by atoms with E-state index >= 15 is 0 Å². The van der Waals surface area contributed by atoms with Crippen LogP contribution in [0.3, 0.4) is 0 Å². The Hall–Kier alpha value is -0.930. The van der Waals surface area contributed by atoms with Crippen molar-refractivity contribution in [2.24, 2.45) is 5.73 Å². The lowest BCUT2D eigenvalue weighted by Gasteiger charge is -2.40. The first-order chi connectivity index (χ1) is 7.49. The van der Waals surface area contributed by atoms with Crippen LogP contribution in [0.4, 0.5) is 0 Å². The predicted octanol–water partition coefficient (Wildman–Crippen LogP) is 2.70. The van der Waals surface area contributed by atoms with Crippen molar-refractivity contribution in [3.63, 3.8) is 0 Å². The van der Waals surface area contributed by atoms with Crippen LogP contribution in [0.15, 0.2) is 6.07 Å². The fourth-order valence-electron chi connectivity index (χ4n) is 2.28. The maximum atomic E-state index is 10.1. The third-order valence-corrected chi connectivity index (χ3v) is 3.82. The van der Waals surface area contributed by atoms with Gasteiger partial charge in [0.1, 0.15) is 0 Å². The highest BCUT2D eigenvalue weighted by Gasteiger charge is 2.39. The number of halogens is 1. The quantitative estimate of drug-likeness (QED) is 0.837. The molecule has 1 aromatic rings. The zero-order valence-corrected chi connectivity index (χ0v) is 10.3. The number of phenols is 1. The minimum Gasteiger partial charge on any atom is -0.504 e. The largest absolute Gasteiger partial charge is 0.504 e. The van der Waals surface area contributed by atoms with Gasteiger partial charge in [0, 0.05) is 22.2 Å². The molecule has 0 spiro atoms. The van der Waals surface area contributed by atoms with Gasteiger partial charge < -0.3 is 15.6 Å². The maximum Gasteiger partial charge on any atom is 0.163 e. The minimum atomic E-state index is -0.438. The molecule has 3 nitrogen and oxygen atoms in total. The van der Waals surface area contributed by atoms with Crippen LogP contribution < -0.4 is 10.5 Å². The average Bonchev–Trinajstić information content (AvgIpc) is 2.21. The molecule has 3 N–H and O–H groups in total. The van der Waals surface area contributed by atoms with Crippen LogP contribution in [0.2, 0.25) is 5.02 Å². The molecule has 0 saturated heterocycles. The fourth-order valence-corrected chi connectivity index (χ4v) is 2.48. The molecule has 1 saturated carbocycles. The summed E-state index contributed by atoms with van der Waals surface area (Å²) in [6.45, 7) is 1.88. The second kappa shape index (κ2) is 3.82. The molecule has 88 valence electrons. The maximum absolute atomic E-state index is 10.1. The molecule has 0 aromatic heterocycles. The molecule has 0 aliphatic heterocycles. The van der Waals surface area contributed by atoms with E-state index in [1.807, 2.05) is 6.92 Å². The number of hydrogen-bond acceptors (Lipinski definition) is 3. The summed E-state index contributed by atoms with van der Waals surface area (Å²) in [5.41, 5.74) is 7.39. The summed E-state index contributed by atoms with van der Waals surface area (Å²) in [6.07, 6.45) is 2.85. The minimum absolute atomic E-state index is 0.131. The van der Waals surface area contributed by atoms with Gasteiger partial charge in [-0.05, 0) is 31.7 Å². The molecule has 1 aromatic carbocycles. The monoisotopic (exact) mass is 241 g/mol. The van der Waals surface area contributed by atoms with E-state index in [2.05, 4.69) is 0 Å². The van der Waals surface area contributed by atoms with Gasteiger partial charge in [-0.25, -0.2) is 0 Å². The lowest BCUT2D eigenvalue weighted by molar-refractivity contribution is 0.241. The molecular formula is C12H16ClNO2. The first-order valence-electron chi connectivity index (χ1n) is 5.35. The summed E-state index contributed by atoms with van der Waals surface area (Å²) in [5, 5.41) is 10.7. The summed E-state index contributed by atoms with van der Waals surface area (Å²) in [5.74, 6) is 0.522. The Bertz CT molecular complexity index is 428. The zero-order chi connectivity index (χ0) is 11.9. The number of phenolic OH excluding ortho intramolecular Hbond substituents is 1. The van der Waals surface area contributed by atoms with Gasteiger partial charge >= 0.3 is 0 Å². The van der Waals surface area contributed by atoms with Gasteiger partial charge in [-0.2, -0.15) is 0 Å². The zero-order valence-electron chi connectivity index (χ0n) is 9.51. The van der Waals surface area contributed by atoms with Crippen LogP contribution in [0.1, 0.15) is 30.4 Å². The van der Waals surface area contributed by atoms with Crippen LogP contribution in [-0.4, -0.2) is 12.2 Å². The Labute approximate surface area is 100 Å². The van der Waals surface area contributed by atoms with E-state index in [4.69, 9.17) is 22.1 Å². The summed E-state index contributed by atoms with van der Waals surface area (Å²) < 4.78 is 5.10. The van der Waals surface area contributed by atoms with Gasteiger partial charge in [-0.3, -0.25) is 0 Å². The summed E-state index contributed by atoms with van der Waals surface area (Å²) >= 11 is 6.11. The molecule has 0 radical (unpaired) electrons. The van der Waals surface area contributed by atoms with E-state index in [1.165, 1.54) is 7.11 Å². The van der Waals surface area contributed by atoms with Crippen molar-refractivity contribution in [2.75, 3.05) is 7.11 Å². The molecule has 0 heterocycles. The number of benzene rings is 1. The standard InChI is InChI=1S/C12H16ClNO2/c1-7-8(13)6-9(16-2)11(15)10(7)12(14)4-3-5-12/h6,15H,3-5,14H2,1-2H3. The van der Waals surface area contributed by atoms with Crippen LogP contribution >= 0.6 is 11.6 Å².